The average Bonchev–Trinajstić information content (AvgIpc) is 2.88. The minimum absolute atomic E-state index is 0.0234. The van der Waals surface area contributed by atoms with Gasteiger partial charge in [0.05, 0.1) is 31.1 Å². The highest BCUT2D eigenvalue weighted by Gasteiger charge is 2.36. The van der Waals surface area contributed by atoms with Crippen molar-refractivity contribution in [3.05, 3.63) is 72.0 Å². The number of aliphatic hydroxyl groups is 1. The molecule has 2 atom stereocenters. The lowest BCUT2D eigenvalue weighted by molar-refractivity contribution is -0.117. The molecule has 1 aromatic heterocycles. The van der Waals surface area contributed by atoms with Crippen LogP contribution < -0.4 is 19.1 Å². The van der Waals surface area contributed by atoms with Crippen LogP contribution in [0.1, 0.15) is 18.4 Å². The molecule has 0 radical (unpaired) electrons. The number of amides is 1. The number of fused-ring (bicyclic) bond motifs is 1. The Kier molecular flexibility index (Phi) is 6.90. The number of methoxy groups -OCH3 is 1. The summed E-state index contributed by atoms with van der Waals surface area (Å²) in [6, 6.07) is 14.5. The molecule has 1 amide bonds. The van der Waals surface area contributed by atoms with Gasteiger partial charge in [-0.15, -0.1) is 0 Å². The van der Waals surface area contributed by atoms with Crippen molar-refractivity contribution in [2.75, 3.05) is 29.9 Å². The molecule has 0 saturated carbocycles. The molecule has 0 unspecified atom stereocenters. The van der Waals surface area contributed by atoms with Crippen molar-refractivity contribution in [3.63, 3.8) is 0 Å². The second-order valence-electron chi connectivity index (χ2n) is 7.92. The summed E-state index contributed by atoms with van der Waals surface area (Å²) in [4.78, 5) is 17.1. The normalized spacial score (nSPS) is 16.1. The first-order valence-corrected chi connectivity index (χ1v) is 12.2. The topological polar surface area (TPSA) is 118 Å². The van der Waals surface area contributed by atoms with E-state index in [4.69, 9.17) is 9.47 Å². The van der Waals surface area contributed by atoms with Gasteiger partial charge in [-0.05, 0) is 48.9 Å². The molecule has 0 spiro atoms. The van der Waals surface area contributed by atoms with Gasteiger partial charge in [-0.1, -0.05) is 18.2 Å². The van der Waals surface area contributed by atoms with Crippen molar-refractivity contribution < 1.29 is 32.2 Å². The zero-order valence-corrected chi connectivity index (χ0v) is 19.8. The number of carbonyl (C=O) groups is 1. The van der Waals surface area contributed by atoms with Gasteiger partial charge < -0.3 is 19.9 Å². The number of nitrogens with one attached hydrogen (secondary N) is 1. The Morgan fingerprint density at radius 1 is 1.26 bits per heavy atom. The summed E-state index contributed by atoms with van der Waals surface area (Å²) in [5, 5.41) is 12.3. The van der Waals surface area contributed by atoms with Crippen LogP contribution in [0.5, 0.6) is 11.5 Å². The maximum atomic E-state index is 13.5. The number of anilines is 2. The van der Waals surface area contributed by atoms with E-state index in [9.17, 15) is 22.7 Å². The first-order valence-electron chi connectivity index (χ1n) is 10.7. The number of pyridine rings is 1. The Balaban J connectivity index is 1.66. The molecule has 4 rings (SSSR count). The number of aliphatic hydroxyl groups excluding tert-OH is 1. The van der Waals surface area contributed by atoms with Crippen LogP contribution in [0.3, 0.4) is 0 Å². The van der Waals surface area contributed by atoms with Gasteiger partial charge in [0.2, 0.25) is 5.91 Å². The van der Waals surface area contributed by atoms with Crippen LogP contribution in [0.2, 0.25) is 0 Å². The van der Waals surface area contributed by atoms with Crippen LogP contribution in [-0.4, -0.2) is 50.8 Å². The fraction of sp³-hybridized carbons (Fsp3) is 0.250. The van der Waals surface area contributed by atoms with Crippen molar-refractivity contribution in [1.29, 1.82) is 0 Å². The van der Waals surface area contributed by atoms with Crippen molar-refractivity contribution >= 4 is 27.6 Å². The average molecular weight is 502 g/mol. The molecule has 3 aromatic rings. The molecule has 0 saturated heterocycles. The van der Waals surface area contributed by atoms with E-state index in [-0.39, 0.29) is 28.8 Å². The van der Waals surface area contributed by atoms with Gasteiger partial charge in [0, 0.05) is 6.07 Å². The van der Waals surface area contributed by atoms with Crippen molar-refractivity contribution in [2.45, 2.75) is 23.8 Å². The molecule has 0 aliphatic carbocycles. The third-order valence-electron chi connectivity index (χ3n) is 5.59. The molecular formula is C24H24FN3O6S. The zero-order valence-electron chi connectivity index (χ0n) is 19.0. The van der Waals surface area contributed by atoms with E-state index in [0.29, 0.717) is 11.3 Å². The Bertz CT molecular complexity index is 1330. The quantitative estimate of drug-likeness (QED) is 0.511. The second kappa shape index (κ2) is 9.88. The van der Waals surface area contributed by atoms with Crippen LogP contribution in [0.4, 0.5) is 16.0 Å². The number of rotatable bonds is 7. The third-order valence-corrected chi connectivity index (χ3v) is 7.34. The van der Waals surface area contributed by atoms with Gasteiger partial charge in [-0.25, -0.2) is 22.1 Å². The molecular weight excluding hydrogens is 477 g/mol. The summed E-state index contributed by atoms with van der Waals surface area (Å²) < 4.78 is 52.1. The van der Waals surface area contributed by atoms with E-state index >= 15 is 0 Å². The fourth-order valence-corrected chi connectivity index (χ4v) is 5.09. The lowest BCUT2D eigenvalue weighted by Gasteiger charge is -2.34. The molecule has 35 heavy (non-hydrogen) atoms. The van der Waals surface area contributed by atoms with Crippen molar-refractivity contribution in [1.82, 2.24) is 4.98 Å². The predicted molar refractivity (Wildman–Crippen MR) is 127 cm³/mol. The SMILES string of the molecule is COc1cccc(S(=O)(=O)N2C[C@H](CO)Oc3ccc(NC(=O)[C@@H](C)c4ccc(F)cc4)nc32)c1. The molecule has 1 aliphatic heterocycles. The number of halogens is 1. The number of aromatic nitrogens is 1. The van der Waals surface area contributed by atoms with Gasteiger partial charge in [0.1, 0.15) is 23.5 Å². The van der Waals surface area contributed by atoms with Crippen LogP contribution in [-0.2, 0) is 14.8 Å². The maximum absolute atomic E-state index is 13.5. The van der Waals surface area contributed by atoms with Crippen LogP contribution in [0, 0.1) is 5.82 Å². The summed E-state index contributed by atoms with van der Waals surface area (Å²) in [6.07, 6.45) is -0.802. The number of ether oxygens (including phenoxy) is 2. The fourth-order valence-electron chi connectivity index (χ4n) is 3.60. The van der Waals surface area contributed by atoms with Gasteiger partial charge in [0.15, 0.2) is 11.6 Å². The summed E-state index contributed by atoms with van der Waals surface area (Å²) in [5.74, 6) is -0.828. The molecule has 9 nitrogen and oxygen atoms in total. The Morgan fingerprint density at radius 2 is 2.00 bits per heavy atom. The Hall–Kier alpha value is -3.70. The summed E-state index contributed by atoms with van der Waals surface area (Å²) in [7, 11) is -2.68. The van der Waals surface area contributed by atoms with Gasteiger partial charge in [-0.2, -0.15) is 0 Å². The number of benzene rings is 2. The van der Waals surface area contributed by atoms with Crippen molar-refractivity contribution in [2.24, 2.45) is 0 Å². The van der Waals surface area contributed by atoms with Gasteiger partial charge in [0.25, 0.3) is 10.0 Å². The molecule has 184 valence electrons. The molecule has 2 aromatic carbocycles. The van der Waals surface area contributed by atoms with E-state index in [1.807, 2.05) is 0 Å². The number of carbonyl (C=O) groups excluding carboxylic acids is 1. The number of hydrogen-bond acceptors (Lipinski definition) is 7. The number of hydrogen-bond donors (Lipinski definition) is 2. The number of sulfonamides is 1. The third kappa shape index (κ3) is 5.05. The first kappa shape index (κ1) is 24.4. The van der Waals surface area contributed by atoms with Crippen molar-refractivity contribution in [3.8, 4) is 11.5 Å². The Morgan fingerprint density at radius 3 is 2.69 bits per heavy atom. The van der Waals surface area contributed by atoms with Crippen LogP contribution in [0.15, 0.2) is 65.6 Å². The van der Waals surface area contributed by atoms with E-state index in [1.165, 1.54) is 55.6 Å². The molecule has 0 bridgehead atoms. The van der Waals surface area contributed by atoms with Gasteiger partial charge in [-0.3, -0.25) is 4.79 Å². The minimum atomic E-state index is -4.11. The zero-order chi connectivity index (χ0) is 25.2. The molecule has 2 heterocycles. The van der Waals surface area contributed by atoms with E-state index in [0.717, 1.165) is 4.31 Å². The minimum Gasteiger partial charge on any atom is -0.497 e. The molecule has 2 N–H and O–H groups in total. The maximum Gasteiger partial charge on any atom is 0.265 e. The van der Waals surface area contributed by atoms with Gasteiger partial charge >= 0.3 is 0 Å². The Labute approximate surface area is 202 Å². The standard InChI is InChI=1S/C24H24FN3O6S/c1-15(16-6-8-17(25)9-7-16)24(30)27-22-11-10-21-23(26-22)28(13-19(14-29)34-21)35(31,32)20-5-3-4-18(12-20)33-2/h3-12,15,19,29H,13-14H2,1-2H3,(H,26,27,30)/t15-,19+/m0/s1. The highest BCUT2D eigenvalue weighted by molar-refractivity contribution is 7.92. The van der Waals surface area contributed by atoms with Crippen LogP contribution in [0.25, 0.3) is 0 Å². The first-order chi connectivity index (χ1) is 16.7. The summed E-state index contributed by atoms with van der Waals surface area (Å²) >= 11 is 0. The largest absolute Gasteiger partial charge is 0.497 e. The van der Waals surface area contributed by atoms with E-state index in [1.54, 1.807) is 19.1 Å². The highest BCUT2D eigenvalue weighted by Crippen LogP contribution is 2.37. The molecule has 0 fully saturated rings. The lowest BCUT2D eigenvalue weighted by Crippen LogP contribution is -2.45. The lowest BCUT2D eigenvalue weighted by atomic mass is 10.0. The monoisotopic (exact) mass is 501 g/mol. The molecule has 1 aliphatic rings. The van der Waals surface area contributed by atoms with E-state index < -0.39 is 40.4 Å². The van der Waals surface area contributed by atoms with E-state index in [2.05, 4.69) is 10.3 Å². The highest BCUT2D eigenvalue weighted by atomic mass is 32.2. The number of nitrogens with zero attached hydrogens (tertiary/aromatic N) is 2. The second-order valence-corrected chi connectivity index (χ2v) is 9.78. The summed E-state index contributed by atoms with van der Waals surface area (Å²) in [6.45, 7) is 1.08. The predicted octanol–water partition coefficient (Wildman–Crippen LogP) is 2.92. The summed E-state index contributed by atoms with van der Waals surface area (Å²) in [5.41, 5.74) is 0.609. The van der Waals surface area contributed by atoms with Crippen LogP contribution >= 0.6 is 0 Å². The molecule has 11 heteroatoms. The smallest absolute Gasteiger partial charge is 0.265 e.